The van der Waals surface area contributed by atoms with Gasteiger partial charge in [0.15, 0.2) is 3.95 Å². The maximum absolute atomic E-state index is 11.6. The molecule has 98 valence electrons. The van der Waals surface area contributed by atoms with Crippen LogP contribution in [0.25, 0.3) is 11.3 Å². The maximum Gasteiger partial charge on any atom is 0.223 e. The van der Waals surface area contributed by atoms with E-state index in [0.717, 1.165) is 40.3 Å². The molecule has 1 aromatic carbocycles. The SMILES string of the molecule is CC(=O)N1CCCc2cc(-c3csc(=S)[nH]3)ccc21. The van der Waals surface area contributed by atoms with Crippen molar-refractivity contribution in [2.45, 2.75) is 19.8 Å². The number of nitrogens with one attached hydrogen (secondary N) is 1. The molecular formula is C14H14N2OS2. The molecule has 1 amide bonds. The number of carbonyl (C=O) groups is 1. The summed E-state index contributed by atoms with van der Waals surface area (Å²) in [4.78, 5) is 16.7. The van der Waals surface area contributed by atoms with E-state index >= 15 is 0 Å². The number of fused-ring (bicyclic) bond motifs is 1. The van der Waals surface area contributed by atoms with Gasteiger partial charge >= 0.3 is 0 Å². The van der Waals surface area contributed by atoms with E-state index in [1.54, 1.807) is 6.92 Å². The van der Waals surface area contributed by atoms with Gasteiger partial charge in [0.25, 0.3) is 0 Å². The summed E-state index contributed by atoms with van der Waals surface area (Å²) in [6, 6.07) is 6.25. The zero-order chi connectivity index (χ0) is 13.4. The van der Waals surface area contributed by atoms with Gasteiger partial charge in [0.1, 0.15) is 0 Å². The van der Waals surface area contributed by atoms with Crippen LogP contribution in [0.4, 0.5) is 5.69 Å². The largest absolute Gasteiger partial charge is 0.337 e. The molecule has 2 aromatic rings. The highest BCUT2D eigenvalue weighted by Gasteiger charge is 2.20. The molecule has 0 atom stereocenters. The summed E-state index contributed by atoms with van der Waals surface area (Å²) in [5, 5.41) is 2.04. The van der Waals surface area contributed by atoms with E-state index in [-0.39, 0.29) is 5.91 Å². The van der Waals surface area contributed by atoms with Crippen LogP contribution < -0.4 is 4.90 Å². The average molecular weight is 290 g/mol. The van der Waals surface area contributed by atoms with E-state index < -0.39 is 0 Å². The van der Waals surface area contributed by atoms with E-state index in [9.17, 15) is 4.79 Å². The van der Waals surface area contributed by atoms with E-state index in [4.69, 9.17) is 12.2 Å². The maximum atomic E-state index is 11.6. The second-order valence-electron chi connectivity index (χ2n) is 4.68. The first-order valence-corrected chi connectivity index (χ1v) is 7.53. The number of aromatic nitrogens is 1. The average Bonchev–Trinajstić information content (AvgIpc) is 2.84. The van der Waals surface area contributed by atoms with E-state index in [1.165, 1.54) is 16.9 Å². The highest BCUT2D eigenvalue weighted by Crippen LogP contribution is 2.31. The first kappa shape index (κ1) is 12.6. The zero-order valence-electron chi connectivity index (χ0n) is 10.6. The van der Waals surface area contributed by atoms with Crippen molar-refractivity contribution in [1.29, 1.82) is 0 Å². The van der Waals surface area contributed by atoms with E-state index in [2.05, 4.69) is 11.1 Å². The fraction of sp³-hybridized carbons (Fsp3) is 0.286. The molecule has 0 fully saturated rings. The quantitative estimate of drug-likeness (QED) is 0.812. The molecule has 19 heavy (non-hydrogen) atoms. The number of thiazole rings is 1. The van der Waals surface area contributed by atoms with Crippen LogP contribution in [0.5, 0.6) is 0 Å². The summed E-state index contributed by atoms with van der Waals surface area (Å²) in [6.45, 7) is 2.45. The van der Waals surface area contributed by atoms with Crippen LogP contribution in [0, 0.1) is 3.95 Å². The third-order valence-corrected chi connectivity index (χ3v) is 4.47. The molecule has 1 aliphatic heterocycles. The second-order valence-corrected chi connectivity index (χ2v) is 6.23. The Morgan fingerprint density at radius 3 is 3.00 bits per heavy atom. The molecule has 5 heteroatoms. The lowest BCUT2D eigenvalue weighted by atomic mass is 9.98. The van der Waals surface area contributed by atoms with Crippen molar-refractivity contribution in [3.8, 4) is 11.3 Å². The Morgan fingerprint density at radius 1 is 1.47 bits per heavy atom. The Kier molecular flexibility index (Phi) is 3.24. The van der Waals surface area contributed by atoms with Crippen molar-refractivity contribution in [1.82, 2.24) is 4.98 Å². The molecule has 0 bridgehead atoms. The molecule has 2 heterocycles. The van der Waals surface area contributed by atoms with Crippen LogP contribution in [0.3, 0.4) is 0 Å². The first-order valence-electron chi connectivity index (χ1n) is 6.24. The van der Waals surface area contributed by atoms with Crippen molar-refractivity contribution in [3.63, 3.8) is 0 Å². The third kappa shape index (κ3) is 2.35. The third-order valence-electron chi connectivity index (χ3n) is 3.41. The second kappa shape index (κ2) is 4.90. The van der Waals surface area contributed by atoms with Crippen LogP contribution in [0.1, 0.15) is 18.9 Å². The summed E-state index contributed by atoms with van der Waals surface area (Å²) >= 11 is 6.65. The molecule has 0 unspecified atom stereocenters. The van der Waals surface area contributed by atoms with Gasteiger partial charge in [-0.05, 0) is 48.3 Å². The monoisotopic (exact) mass is 290 g/mol. The Morgan fingerprint density at radius 2 is 2.32 bits per heavy atom. The molecular weight excluding hydrogens is 276 g/mol. The van der Waals surface area contributed by atoms with Gasteiger partial charge in [-0.1, -0.05) is 6.07 Å². The van der Waals surface area contributed by atoms with Crippen molar-refractivity contribution in [3.05, 3.63) is 33.1 Å². The molecule has 0 saturated heterocycles. The number of rotatable bonds is 1. The minimum absolute atomic E-state index is 0.114. The van der Waals surface area contributed by atoms with Crippen LogP contribution in [0.15, 0.2) is 23.6 Å². The number of hydrogen-bond acceptors (Lipinski definition) is 3. The minimum Gasteiger partial charge on any atom is -0.337 e. The lowest BCUT2D eigenvalue weighted by Gasteiger charge is -2.28. The number of anilines is 1. The molecule has 0 spiro atoms. The highest BCUT2D eigenvalue weighted by atomic mass is 32.1. The summed E-state index contributed by atoms with van der Waals surface area (Å²) in [5.74, 6) is 0.114. The standard InChI is InChI=1S/C14H14N2OS2/c1-9(17)16-6-2-3-11-7-10(4-5-13(11)16)12-8-19-14(18)15-12/h4-5,7-8H,2-3,6H2,1H3,(H,15,18). The molecule has 1 N–H and O–H groups in total. The molecule has 1 aliphatic rings. The summed E-state index contributed by atoms with van der Waals surface area (Å²) in [6.07, 6.45) is 2.05. The molecule has 3 rings (SSSR count). The van der Waals surface area contributed by atoms with Gasteiger partial charge in [-0.15, -0.1) is 11.3 Å². The Labute approximate surface area is 120 Å². The van der Waals surface area contributed by atoms with Gasteiger partial charge in [0.05, 0.1) is 5.69 Å². The number of carbonyl (C=O) groups excluding carboxylic acids is 1. The van der Waals surface area contributed by atoms with Crippen molar-refractivity contribution >= 4 is 35.1 Å². The van der Waals surface area contributed by atoms with Crippen LogP contribution >= 0.6 is 23.6 Å². The van der Waals surface area contributed by atoms with E-state index in [0.29, 0.717) is 0 Å². The van der Waals surface area contributed by atoms with Gasteiger partial charge in [0, 0.05) is 24.5 Å². The Bertz CT molecular complexity index is 687. The fourth-order valence-corrected chi connectivity index (χ4v) is 3.36. The number of hydrogen-bond donors (Lipinski definition) is 1. The number of benzene rings is 1. The predicted octanol–water partition coefficient (Wildman–Crippen LogP) is 3.77. The smallest absolute Gasteiger partial charge is 0.223 e. The molecule has 3 nitrogen and oxygen atoms in total. The van der Waals surface area contributed by atoms with Crippen LogP contribution in [-0.2, 0) is 11.2 Å². The van der Waals surface area contributed by atoms with Gasteiger partial charge in [0.2, 0.25) is 5.91 Å². The zero-order valence-corrected chi connectivity index (χ0v) is 12.2. The number of nitrogens with zero attached hydrogens (tertiary/aromatic N) is 1. The summed E-state index contributed by atoms with van der Waals surface area (Å²) in [7, 11) is 0. The molecule has 0 aliphatic carbocycles. The minimum atomic E-state index is 0.114. The number of aromatic amines is 1. The van der Waals surface area contributed by atoms with Gasteiger partial charge < -0.3 is 9.88 Å². The molecule has 0 saturated carbocycles. The topological polar surface area (TPSA) is 36.1 Å². The van der Waals surface area contributed by atoms with Gasteiger partial charge in [-0.2, -0.15) is 0 Å². The Balaban J connectivity index is 2.04. The van der Waals surface area contributed by atoms with Crippen LogP contribution in [-0.4, -0.2) is 17.4 Å². The molecule has 0 radical (unpaired) electrons. The molecule has 1 aromatic heterocycles. The van der Waals surface area contributed by atoms with Crippen LogP contribution in [0.2, 0.25) is 0 Å². The van der Waals surface area contributed by atoms with E-state index in [1.807, 2.05) is 22.4 Å². The normalized spacial score (nSPS) is 14.3. The summed E-state index contributed by atoms with van der Waals surface area (Å²) < 4.78 is 0.790. The number of aryl methyl sites for hydroxylation is 1. The lowest BCUT2D eigenvalue weighted by molar-refractivity contribution is -0.116. The van der Waals surface area contributed by atoms with Gasteiger partial charge in [-0.3, -0.25) is 4.79 Å². The predicted molar refractivity (Wildman–Crippen MR) is 81.3 cm³/mol. The van der Waals surface area contributed by atoms with Crippen molar-refractivity contribution in [2.24, 2.45) is 0 Å². The first-order chi connectivity index (χ1) is 9.15. The van der Waals surface area contributed by atoms with Gasteiger partial charge in [-0.25, -0.2) is 0 Å². The van der Waals surface area contributed by atoms with Crippen molar-refractivity contribution < 1.29 is 4.79 Å². The Hall–Kier alpha value is -1.46. The highest BCUT2D eigenvalue weighted by molar-refractivity contribution is 7.73. The fourth-order valence-electron chi connectivity index (χ4n) is 2.51. The number of amides is 1. The lowest BCUT2D eigenvalue weighted by Crippen LogP contribution is -2.33. The number of H-pyrrole nitrogens is 1. The van der Waals surface area contributed by atoms with Crippen molar-refractivity contribution in [2.75, 3.05) is 11.4 Å². The summed E-state index contributed by atoms with van der Waals surface area (Å²) in [5.41, 5.74) is 4.48.